The predicted molar refractivity (Wildman–Crippen MR) is 131 cm³/mol. The van der Waals surface area contributed by atoms with Gasteiger partial charge in [0.2, 0.25) is 5.91 Å². The SMILES string of the molecule is CCOc1ccccc1C1CC(=O)N(c2cccc3ccccc23)C2=C1C(=O)CC(C)(C)C2. The van der Waals surface area contributed by atoms with E-state index in [1.165, 1.54) is 0 Å². The number of Topliss-reactive ketones (excluding diaryl/α,β-unsaturated/α-hetero) is 1. The number of rotatable bonds is 4. The number of benzene rings is 3. The van der Waals surface area contributed by atoms with E-state index in [-0.39, 0.29) is 29.4 Å². The molecule has 2 aliphatic rings. The van der Waals surface area contributed by atoms with Crippen LogP contribution in [0, 0.1) is 5.41 Å². The molecule has 168 valence electrons. The average Bonchev–Trinajstić information content (AvgIpc) is 2.78. The van der Waals surface area contributed by atoms with Gasteiger partial charge in [-0.2, -0.15) is 0 Å². The van der Waals surface area contributed by atoms with Gasteiger partial charge in [-0.25, -0.2) is 0 Å². The van der Waals surface area contributed by atoms with Crippen LogP contribution in [0.3, 0.4) is 0 Å². The molecule has 4 nitrogen and oxygen atoms in total. The summed E-state index contributed by atoms with van der Waals surface area (Å²) < 4.78 is 5.89. The quantitative estimate of drug-likeness (QED) is 0.472. The molecular formula is C29H29NO3. The smallest absolute Gasteiger partial charge is 0.232 e. The third-order valence-corrected chi connectivity index (χ3v) is 6.74. The number of fused-ring (bicyclic) bond motifs is 1. The number of amides is 1. The van der Waals surface area contributed by atoms with Crippen molar-refractivity contribution in [2.45, 2.75) is 46.0 Å². The van der Waals surface area contributed by atoms with Crippen LogP contribution in [0.4, 0.5) is 5.69 Å². The molecule has 0 bridgehead atoms. The van der Waals surface area contributed by atoms with Crippen LogP contribution in [-0.4, -0.2) is 18.3 Å². The van der Waals surface area contributed by atoms with E-state index in [0.29, 0.717) is 19.4 Å². The van der Waals surface area contributed by atoms with Crippen molar-refractivity contribution in [3.8, 4) is 5.75 Å². The lowest BCUT2D eigenvalue weighted by atomic mass is 9.69. The predicted octanol–water partition coefficient (Wildman–Crippen LogP) is 6.40. The van der Waals surface area contributed by atoms with Gasteiger partial charge in [0.1, 0.15) is 5.75 Å². The highest BCUT2D eigenvalue weighted by Crippen LogP contribution is 2.50. The molecule has 0 N–H and O–H groups in total. The number of allylic oxidation sites excluding steroid dienone is 2. The van der Waals surface area contributed by atoms with Crippen molar-refractivity contribution in [2.24, 2.45) is 5.41 Å². The van der Waals surface area contributed by atoms with Gasteiger partial charge in [0, 0.05) is 41.0 Å². The normalized spacial score (nSPS) is 20.2. The zero-order valence-electron chi connectivity index (χ0n) is 19.4. The van der Waals surface area contributed by atoms with Crippen molar-refractivity contribution in [1.82, 2.24) is 0 Å². The summed E-state index contributed by atoms with van der Waals surface area (Å²) in [5, 5.41) is 2.10. The maximum absolute atomic E-state index is 13.8. The second-order valence-electron chi connectivity index (χ2n) is 9.76. The Morgan fingerprint density at radius 3 is 2.48 bits per heavy atom. The van der Waals surface area contributed by atoms with E-state index in [4.69, 9.17) is 4.74 Å². The van der Waals surface area contributed by atoms with Crippen molar-refractivity contribution in [3.63, 3.8) is 0 Å². The van der Waals surface area contributed by atoms with Gasteiger partial charge in [0.25, 0.3) is 0 Å². The molecule has 1 unspecified atom stereocenters. The molecule has 0 saturated carbocycles. The van der Waals surface area contributed by atoms with E-state index >= 15 is 0 Å². The van der Waals surface area contributed by atoms with Crippen LogP contribution < -0.4 is 9.64 Å². The minimum absolute atomic E-state index is 0.0203. The van der Waals surface area contributed by atoms with Crippen LogP contribution in [0.25, 0.3) is 10.8 Å². The summed E-state index contributed by atoms with van der Waals surface area (Å²) in [7, 11) is 0. The lowest BCUT2D eigenvalue weighted by Crippen LogP contribution is -2.43. The third-order valence-electron chi connectivity index (χ3n) is 6.74. The molecule has 1 aliphatic heterocycles. The van der Waals surface area contributed by atoms with Gasteiger partial charge in [0.05, 0.1) is 12.3 Å². The molecule has 0 fully saturated rings. The molecule has 1 amide bonds. The van der Waals surface area contributed by atoms with Crippen molar-refractivity contribution in [3.05, 3.63) is 83.6 Å². The molecule has 33 heavy (non-hydrogen) atoms. The number of carbonyl (C=O) groups excluding carboxylic acids is 2. The number of hydrogen-bond donors (Lipinski definition) is 0. The summed E-state index contributed by atoms with van der Waals surface area (Å²) >= 11 is 0. The van der Waals surface area contributed by atoms with Crippen molar-refractivity contribution >= 4 is 28.2 Å². The number of hydrogen-bond acceptors (Lipinski definition) is 3. The monoisotopic (exact) mass is 439 g/mol. The fourth-order valence-electron chi connectivity index (χ4n) is 5.42. The standard InChI is InChI=1S/C29H29NO3/c1-4-33-26-15-8-7-13-21(26)22-16-27(32)30(24-17-29(2,3)18-25(31)28(22)24)23-14-9-11-19-10-5-6-12-20(19)23/h5-15,22H,4,16-18H2,1-3H3. The molecule has 1 heterocycles. The van der Waals surface area contributed by atoms with Crippen LogP contribution >= 0.6 is 0 Å². The Morgan fingerprint density at radius 1 is 0.939 bits per heavy atom. The molecule has 5 rings (SSSR count). The van der Waals surface area contributed by atoms with Gasteiger partial charge in [-0.1, -0.05) is 68.4 Å². The van der Waals surface area contributed by atoms with Crippen LogP contribution in [0.5, 0.6) is 5.75 Å². The number of nitrogens with zero attached hydrogens (tertiary/aromatic N) is 1. The first-order chi connectivity index (χ1) is 15.9. The van der Waals surface area contributed by atoms with Crippen LogP contribution in [0.2, 0.25) is 0 Å². The second-order valence-corrected chi connectivity index (χ2v) is 9.76. The van der Waals surface area contributed by atoms with E-state index in [0.717, 1.165) is 39.0 Å². The van der Waals surface area contributed by atoms with Crippen molar-refractivity contribution in [1.29, 1.82) is 0 Å². The number of ketones is 1. The molecule has 3 aromatic rings. The number of para-hydroxylation sites is 1. The summed E-state index contributed by atoms with van der Waals surface area (Å²) in [6, 6.07) is 21.9. The van der Waals surface area contributed by atoms with E-state index in [1.807, 2.05) is 66.4 Å². The molecule has 0 radical (unpaired) electrons. The zero-order chi connectivity index (χ0) is 23.2. The van der Waals surface area contributed by atoms with Gasteiger partial charge in [-0.15, -0.1) is 0 Å². The first kappa shape index (κ1) is 21.4. The zero-order valence-corrected chi connectivity index (χ0v) is 19.4. The third kappa shape index (κ3) is 3.74. The van der Waals surface area contributed by atoms with E-state index < -0.39 is 0 Å². The van der Waals surface area contributed by atoms with Gasteiger partial charge < -0.3 is 4.74 Å². The Kier molecular flexibility index (Phi) is 5.32. The molecule has 1 aliphatic carbocycles. The second kappa shape index (κ2) is 8.18. The highest BCUT2D eigenvalue weighted by Gasteiger charge is 2.45. The first-order valence-electron chi connectivity index (χ1n) is 11.7. The molecule has 1 atom stereocenters. The molecule has 3 aromatic carbocycles. The maximum Gasteiger partial charge on any atom is 0.232 e. The van der Waals surface area contributed by atoms with Crippen molar-refractivity contribution in [2.75, 3.05) is 11.5 Å². The summed E-state index contributed by atoms with van der Waals surface area (Å²) in [5.74, 6) is 0.619. The topological polar surface area (TPSA) is 46.6 Å². The Balaban J connectivity index is 1.74. The lowest BCUT2D eigenvalue weighted by Gasteiger charge is -2.43. The largest absolute Gasteiger partial charge is 0.494 e. The Labute approximate surface area is 194 Å². The Hall–Kier alpha value is -3.40. The van der Waals surface area contributed by atoms with E-state index in [2.05, 4.69) is 26.0 Å². The molecule has 0 aromatic heterocycles. The minimum Gasteiger partial charge on any atom is -0.494 e. The molecule has 0 spiro atoms. The maximum atomic E-state index is 13.8. The molecule has 0 saturated heterocycles. The Morgan fingerprint density at radius 2 is 1.67 bits per heavy atom. The average molecular weight is 440 g/mol. The summed E-state index contributed by atoms with van der Waals surface area (Å²) in [4.78, 5) is 29.2. The number of ether oxygens (including phenoxy) is 1. The highest BCUT2D eigenvalue weighted by molar-refractivity contribution is 6.11. The lowest BCUT2D eigenvalue weighted by molar-refractivity contribution is -0.121. The summed E-state index contributed by atoms with van der Waals surface area (Å²) in [6.07, 6.45) is 1.41. The summed E-state index contributed by atoms with van der Waals surface area (Å²) in [5.41, 5.74) is 3.19. The van der Waals surface area contributed by atoms with E-state index in [1.54, 1.807) is 0 Å². The number of anilines is 1. The Bertz CT molecular complexity index is 1280. The molecule has 4 heteroatoms. The summed E-state index contributed by atoms with van der Waals surface area (Å²) in [6.45, 7) is 6.70. The van der Waals surface area contributed by atoms with Crippen LogP contribution in [0.15, 0.2) is 78.0 Å². The van der Waals surface area contributed by atoms with E-state index in [9.17, 15) is 9.59 Å². The van der Waals surface area contributed by atoms with Gasteiger partial charge >= 0.3 is 0 Å². The number of carbonyl (C=O) groups is 2. The van der Waals surface area contributed by atoms with Gasteiger partial charge in [0.15, 0.2) is 5.78 Å². The highest BCUT2D eigenvalue weighted by atomic mass is 16.5. The fraction of sp³-hybridized carbons (Fsp3) is 0.310. The fourth-order valence-corrected chi connectivity index (χ4v) is 5.42. The van der Waals surface area contributed by atoms with Crippen LogP contribution in [-0.2, 0) is 9.59 Å². The first-order valence-corrected chi connectivity index (χ1v) is 11.7. The van der Waals surface area contributed by atoms with Crippen LogP contribution in [0.1, 0.15) is 51.5 Å². The molecular weight excluding hydrogens is 410 g/mol. The van der Waals surface area contributed by atoms with Crippen molar-refractivity contribution < 1.29 is 14.3 Å². The van der Waals surface area contributed by atoms with Gasteiger partial charge in [-0.3, -0.25) is 14.5 Å². The minimum atomic E-state index is -0.287. The van der Waals surface area contributed by atoms with Gasteiger partial charge in [-0.05, 0) is 36.3 Å².